The fourth-order valence-corrected chi connectivity index (χ4v) is 9.04. The summed E-state index contributed by atoms with van der Waals surface area (Å²) >= 11 is 1.72. The maximum atomic E-state index is 11.2. The molecule has 0 bridgehead atoms. The lowest BCUT2D eigenvalue weighted by Crippen LogP contribution is -2.23. The van der Waals surface area contributed by atoms with Gasteiger partial charge in [0, 0.05) is 52.3 Å². The first-order valence-corrected chi connectivity index (χ1v) is 20.0. The lowest BCUT2D eigenvalue weighted by Gasteiger charge is -2.32. The predicted octanol–water partition coefficient (Wildman–Crippen LogP) is 13.9. The Labute approximate surface area is 343 Å². The molecule has 0 unspecified atom stereocenters. The van der Waals surface area contributed by atoms with Crippen molar-refractivity contribution in [3.05, 3.63) is 189 Å². The number of nitro benzene ring substituents is 2. The van der Waals surface area contributed by atoms with E-state index in [2.05, 4.69) is 73.3 Å². The lowest BCUT2D eigenvalue weighted by atomic mass is 9.73. The Balaban J connectivity index is 1.08. The number of rotatable bonds is 12. The van der Waals surface area contributed by atoms with Crippen LogP contribution in [0, 0.1) is 20.2 Å². The second-order valence-corrected chi connectivity index (χ2v) is 15.3. The third kappa shape index (κ3) is 6.91. The summed E-state index contributed by atoms with van der Waals surface area (Å²) in [7, 11) is 0. The van der Waals surface area contributed by atoms with Crippen LogP contribution in [0.3, 0.4) is 0 Å². The van der Waals surface area contributed by atoms with Crippen molar-refractivity contribution in [2.24, 2.45) is 0 Å². The quantitative estimate of drug-likeness (QED) is 0.0885. The molecule has 0 radical (unpaired) electrons. The second-order valence-electron chi connectivity index (χ2n) is 14.3. The van der Waals surface area contributed by atoms with E-state index in [0.717, 1.165) is 46.0 Å². The van der Waals surface area contributed by atoms with Gasteiger partial charge in [-0.25, -0.2) is 4.98 Å². The first-order valence-electron chi connectivity index (χ1n) is 19.2. The van der Waals surface area contributed by atoms with Gasteiger partial charge in [-0.1, -0.05) is 44.2 Å². The Morgan fingerprint density at radius 2 is 1.03 bits per heavy atom. The van der Waals surface area contributed by atoms with Crippen LogP contribution >= 0.6 is 11.3 Å². The smallest absolute Gasteiger partial charge is 0.269 e. The zero-order chi connectivity index (χ0) is 40.7. The largest absolute Gasteiger partial charge is 0.457 e. The van der Waals surface area contributed by atoms with Gasteiger partial charge in [0.15, 0.2) is 0 Å². The molecule has 0 aliphatic heterocycles. The molecule has 0 atom stereocenters. The highest BCUT2D eigenvalue weighted by Gasteiger charge is 2.41. The molecule has 0 fully saturated rings. The SMILES string of the molecule is CCC1(CC)c2cc(-c3nc4ccccc4s3)ccc2-c2ccc(N(c3ccc(Oc4ccc([N+](=O)[O-])cc4)cc3)c3ccc(Oc4ccc([N+](=O)[O-])cc4)cc3)cc21. The van der Waals surface area contributed by atoms with E-state index < -0.39 is 9.85 Å². The van der Waals surface area contributed by atoms with Crippen LogP contribution in [0.4, 0.5) is 28.4 Å². The molecule has 0 spiro atoms. The molecule has 1 heterocycles. The Hall–Kier alpha value is -7.37. The molecule has 9 rings (SSSR count). The molecule has 0 saturated heterocycles. The number of para-hydroxylation sites is 1. The molecule has 0 N–H and O–H groups in total. The number of anilines is 3. The van der Waals surface area contributed by atoms with E-state index in [-0.39, 0.29) is 16.8 Å². The molecule has 10 nitrogen and oxygen atoms in total. The minimum absolute atomic E-state index is 0.00579. The van der Waals surface area contributed by atoms with Gasteiger partial charge in [-0.05, 0) is 138 Å². The van der Waals surface area contributed by atoms with Gasteiger partial charge in [-0.2, -0.15) is 0 Å². The predicted molar refractivity (Wildman–Crippen MR) is 233 cm³/mol. The van der Waals surface area contributed by atoms with Crippen molar-refractivity contribution in [1.82, 2.24) is 4.98 Å². The fraction of sp³-hybridized carbons (Fsp3) is 0.104. The van der Waals surface area contributed by atoms with Crippen LogP contribution in [0.5, 0.6) is 23.0 Å². The number of benzene rings is 7. The van der Waals surface area contributed by atoms with Gasteiger partial charge in [0.1, 0.15) is 28.0 Å². The summed E-state index contributed by atoms with van der Waals surface area (Å²) in [6, 6.07) is 49.2. The Kier molecular flexibility index (Phi) is 9.58. The van der Waals surface area contributed by atoms with E-state index in [9.17, 15) is 20.2 Å². The standard InChI is InChI=1S/C48H36N4O6S/c1-3-48(4-2)43-29-31(47-49-45-7-5-6-8-46(45)59-47)9-27-41(43)42-28-18-36(30-44(42)48)50(32-10-19-37(20-11-32)57-39-23-14-34(15-24-39)51(53)54)33-12-21-38(22-13-33)58-40-25-16-35(17-26-40)52(55)56/h5-30H,3-4H2,1-2H3. The molecule has 1 aromatic heterocycles. The van der Waals surface area contributed by atoms with Gasteiger partial charge in [0.25, 0.3) is 11.4 Å². The van der Waals surface area contributed by atoms with Crippen LogP contribution in [0.1, 0.15) is 37.8 Å². The molecule has 0 amide bonds. The first kappa shape index (κ1) is 37.2. The molecule has 11 heteroatoms. The summed E-state index contributed by atoms with van der Waals surface area (Å²) in [6.45, 7) is 4.54. The zero-order valence-corrected chi connectivity index (χ0v) is 32.9. The summed E-state index contributed by atoms with van der Waals surface area (Å²) in [4.78, 5) is 28.6. The van der Waals surface area contributed by atoms with Gasteiger partial charge < -0.3 is 14.4 Å². The molecule has 1 aliphatic carbocycles. The molecule has 1 aliphatic rings. The highest BCUT2D eigenvalue weighted by atomic mass is 32.1. The van der Waals surface area contributed by atoms with Crippen LogP contribution in [-0.4, -0.2) is 14.8 Å². The number of nitrogens with zero attached hydrogens (tertiary/aromatic N) is 4. The summed E-state index contributed by atoms with van der Waals surface area (Å²) in [6.07, 6.45) is 1.83. The number of thiazole rings is 1. The monoisotopic (exact) mass is 796 g/mol. The van der Waals surface area contributed by atoms with E-state index in [4.69, 9.17) is 14.5 Å². The number of non-ortho nitro benzene ring substituents is 2. The number of nitro groups is 2. The highest BCUT2D eigenvalue weighted by molar-refractivity contribution is 7.21. The van der Waals surface area contributed by atoms with Gasteiger partial charge >= 0.3 is 0 Å². The zero-order valence-electron chi connectivity index (χ0n) is 32.1. The average molecular weight is 797 g/mol. The van der Waals surface area contributed by atoms with Gasteiger partial charge in [-0.15, -0.1) is 11.3 Å². The number of fused-ring (bicyclic) bond motifs is 4. The third-order valence-electron chi connectivity index (χ3n) is 11.1. The van der Waals surface area contributed by atoms with Gasteiger partial charge in [-0.3, -0.25) is 20.2 Å². The summed E-state index contributed by atoms with van der Waals surface area (Å²) in [5.74, 6) is 2.14. The van der Waals surface area contributed by atoms with E-state index in [1.54, 1.807) is 35.6 Å². The van der Waals surface area contributed by atoms with Crippen molar-refractivity contribution >= 4 is 50.0 Å². The van der Waals surface area contributed by atoms with E-state index in [1.165, 1.54) is 51.2 Å². The van der Waals surface area contributed by atoms with E-state index in [0.29, 0.717) is 23.0 Å². The third-order valence-corrected chi connectivity index (χ3v) is 12.2. The molecular formula is C48H36N4O6S. The van der Waals surface area contributed by atoms with Crippen molar-refractivity contribution in [1.29, 1.82) is 0 Å². The number of aromatic nitrogens is 1. The van der Waals surface area contributed by atoms with Crippen molar-refractivity contribution < 1.29 is 19.3 Å². The maximum absolute atomic E-state index is 11.2. The Bertz CT molecular complexity index is 2720. The van der Waals surface area contributed by atoms with Crippen LogP contribution in [0.2, 0.25) is 0 Å². The minimum atomic E-state index is -0.439. The minimum Gasteiger partial charge on any atom is -0.457 e. The molecule has 7 aromatic carbocycles. The van der Waals surface area contributed by atoms with Crippen LogP contribution in [0.25, 0.3) is 31.9 Å². The van der Waals surface area contributed by atoms with Gasteiger partial charge in [0.2, 0.25) is 0 Å². The average Bonchev–Trinajstić information content (AvgIpc) is 3.82. The summed E-state index contributed by atoms with van der Waals surface area (Å²) in [5, 5.41) is 23.3. The first-order chi connectivity index (χ1) is 28.7. The topological polar surface area (TPSA) is 121 Å². The van der Waals surface area contributed by atoms with E-state index in [1.807, 2.05) is 54.6 Å². The van der Waals surface area contributed by atoms with Crippen LogP contribution < -0.4 is 14.4 Å². The fourth-order valence-electron chi connectivity index (χ4n) is 8.08. The van der Waals surface area contributed by atoms with Gasteiger partial charge in [0.05, 0.1) is 20.1 Å². The number of hydrogen-bond acceptors (Lipinski definition) is 9. The van der Waals surface area contributed by atoms with Crippen molar-refractivity contribution in [2.45, 2.75) is 32.1 Å². The molecule has 8 aromatic rings. The van der Waals surface area contributed by atoms with Crippen molar-refractivity contribution in [3.63, 3.8) is 0 Å². The normalized spacial score (nSPS) is 12.4. The van der Waals surface area contributed by atoms with Crippen LogP contribution in [-0.2, 0) is 5.41 Å². The highest BCUT2D eigenvalue weighted by Crippen LogP contribution is 2.55. The maximum Gasteiger partial charge on any atom is 0.269 e. The molecule has 59 heavy (non-hydrogen) atoms. The lowest BCUT2D eigenvalue weighted by molar-refractivity contribution is -0.385. The molecule has 0 saturated carbocycles. The number of hydrogen-bond donors (Lipinski definition) is 0. The number of ether oxygens (including phenoxy) is 2. The molecule has 290 valence electrons. The van der Waals surface area contributed by atoms with Crippen LogP contribution in [0.15, 0.2) is 158 Å². The second kappa shape index (κ2) is 15.2. The van der Waals surface area contributed by atoms with Crippen molar-refractivity contribution in [2.75, 3.05) is 4.90 Å². The van der Waals surface area contributed by atoms with E-state index >= 15 is 0 Å². The summed E-state index contributed by atoms with van der Waals surface area (Å²) < 4.78 is 13.3. The Morgan fingerprint density at radius 3 is 1.53 bits per heavy atom. The summed E-state index contributed by atoms with van der Waals surface area (Å²) in [5.41, 5.74) is 9.71. The van der Waals surface area contributed by atoms with Crippen molar-refractivity contribution in [3.8, 4) is 44.7 Å². The Morgan fingerprint density at radius 1 is 0.576 bits per heavy atom. The molecular weight excluding hydrogens is 761 g/mol.